The maximum Gasteiger partial charge on any atom is 0.124 e. The minimum Gasteiger partial charge on any atom is -0.314 e. The quantitative estimate of drug-likeness (QED) is 0.770. The van der Waals surface area contributed by atoms with Gasteiger partial charge in [-0.2, -0.15) is 0 Å². The summed E-state index contributed by atoms with van der Waals surface area (Å²) < 4.78 is 13.1. The molecule has 98 valence electrons. The summed E-state index contributed by atoms with van der Waals surface area (Å²) in [5, 5.41) is 0.458. The van der Waals surface area contributed by atoms with Crippen molar-refractivity contribution in [2.24, 2.45) is 17.6 Å². The Kier molecular flexibility index (Phi) is 3.06. The maximum atomic E-state index is 13.1. The van der Waals surface area contributed by atoms with Gasteiger partial charge in [-0.05, 0) is 36.0 Å². The fourth-order valence-corrected chi connectivity index (χ4v) is 3.27. The van der Waals surface area contributed by atoms with Gasteiger partial charge in [-0.15, -0.1) is 0 Å². The SMILES string of the molecule is CC1CC1C1NNC(N)C1c1ccc(F)cc1Cl. The van der Waals surface area contributed by atoms with Crippen molar-refractivity contribution in [2.45, 2.75) is 31.5 Å². The topological polar surface area (TPSA) is 50.1 Å². The first kappa shape index (κ1) is 12.4. The molecule has 3 nitrogen and oxygen atoms in total. The van der Waals surface area contributed by atoms with Gasteiger partial charge in [0.25, 0.3) is 0 Å². The van der Waals surface area contributed by atoms with Crippen molar-refractivity contribution in [1.29, 1.82) is 0 Å². The monoisotopic (exact) mass is 269 g/mol. The number of hydrazine groups is 1. The molecule has 2 fully saturated rings. The third-order valence-corrected chi connectivity index (χ3v) is 4.47. The maximum absolute atomic E-state index is 13.1. The Morgan fingerprint density at radius 1 is 1.39 bits per heavy atom. The van der Waals surface area contributed by atoms with Crippen LogP contribution in [0.2, 0.25) is 5.02 Å². The smallest absolute Gasteiger partial charge is 0.124 e. The summed E-state index contributed by atoms with van der Waals surface area (Å²) in [6, 6.07) is 4.82. The summed E-state index contributed by atoms with van der Waals surface area (Å²) >= 11 is 6.15. The standard InChI is InChI=1S/C13H17ClFN3/c1-6-4-9(6)12-11(13(16)18-17-12)8-3-2-7(15)5-10(8)14/h2-3,5-6,9,11-13,17-18H,4,16H2,1H3. The van der Waals surface area contributed by atoms with E-state index in [0.717, 1.165) is 11.5 Å². The zero-order valence-corrected chi connectivity index (χ0v) is 10.9. The summed E-state index contributed by atoms with van der Waals surface area (Å²) in [5.41, 5.74) is 13.4. The van der Waals surface area contributed by atoms with Crippen LogP contribution in [0.1, 0.15) is 24.8 Å². The summed E-state index contributed by atoms with van der Waals surface area (Å²) in [5.74, 6) is 1.12. The zero-order chi connectivity index (χ0) is 12.9. The van der Waals surface area contributed by atoms with Gasteiger partial charge in [-0.25, -0.2) is 9.82 Å². The molecule has 1 aliphatic carbocycles. The summed E-state index contributed by atoms with van der Waals surface area (Å²) in [6.45, 7) is 2.24. The third-order valence-electron chi connectivity index (χ3n) is 4.15. The molecule has 0 radical (unpaired) electrons. The van der Waals surface area contributed by atoms with Crippen LogP contribution in [0, 0.1) is 17.7 Å². The highest BCUT2D eigenvalue weighted by molar-refractivity contribution is 6.31. The number of nitrogens with two attached hydrogens (primary N) is 1. The predicted molar refractivity (Wildman–Crippen MR) is 69.5 cm³/mol. The van der Waals surface area contributed by atoms with Crippen molar-refractivity contribution in [3.8, 4) is 0 Å². The third kappa shape index (κ3) is 2.03. The Bertz CT molecular complexity index is 468. The highest BCUT2D eigenvalue weighted by Crippen LogP contribution is 2.47. The van der Waals surface area contributed by atoms with E-state index in [2.05, 4.69) is 17.8 Å². The number of rotatable bonds is 2. The van der Waals surface area contributed by atoms with Gasteiger partial charge in [0, 0.05) is 17.0 Å². The van der Waals surface area contributed by atoms with Crippen molar-refractivity contribution < 1.29 is 4.39 Å². The molecule has 1 aromatic carbocycles. The molecule has 0 aromatic heterocycles. The highest BCUT2D eigenvalue weighted by atomic mass is 35.5. The Morgan fingerprint density at radius 3 is 2.72 bits per heavy atom. The second-order valence-electron chi connectivity index (χ2n) is 5.41. The van der Waals surface area contributed by atoms with Crippen LogP contribution in [-0.4, -0.2) is 12.2 Å². The van der Waals surface area contributed by atoms with E-state index < -0.39 is 0 Å². The molecule has 4 N–H and O–H groups in total. The Labute approximate surface area is 111 Å². The summed E-state index contributed by atoms with van der Waals surface area (Å²) in [4.78, 5) is 0. The molecule has 18 heavy (non-hydrogen) atoms. The lowest BCUT2D eigenvalue weighted by molar-refractivity contribution is 0.452. The molecule has 5 atom stereocenters. The molecule has 1 aliphatic heterocycles. The van der Waals surface area contributed by atoms with E-state index in [-0.39, 0.29) is 23.9 Å². The number of hydrogen-bond acceptors (Lipinski definition) is 3. The van der Waals surface area contributed by atoms with E-state index >= 15 is 0 Å². The van der Waals surface area contributed by atoms with Crippen LogP contribution in [0.4, 0.5) is 4.39 Å². The lowest BCUT2D eigenvalue weighted by Gasteiger charge is -2.22. The highest BCUT2D eigenvalue weighted by Gasteiger charge is 2.48. The van der Waals surface area contributed by atoms with E-state index in [1.54, 1.807) is 6.07 Å². The van der Waals surface area contributed by atoms with Gasteiger partial charge in [0.05, 0.1) is 6.17 Å². The lowest BCUT2D eigenvalue weighted by atomic mass is 9.87. The first-order valence-electron chi connectivity index (χ1n) is 6.29. The van der Waals surface area contributed by atoms with Gasteiger partial charge in [0.1, 0.15) is 5.82 Å². The molecule has 0 amide bonds. The first-order chi connectivity index (χ1) is 8.58. The van der Waals surface area contributed by atoms with E-state index in [1.807, 2.05) is 0 Å². The summed E-state index contributed by atoms with van der Waals surface area (Å²) in [6.07, 6.45) is 1.02. The molecule has 1 aromatic rings. The minimum atomic E-state index is -0.312. The van der Waals surface area contributed by atoms with Crippen molar-refractivity contribution >= 4 is 11.6 Å². The second-order valence-corrected chi connectivity index (χ2v) is 5.82. The summed E-state index contributed by atoms with van der Waals surface area (Å²) in [7, 11) is 0. The van der Waals surface area contributed by atoms with Crippen molar-refractivity contribution in [2.75, 3.05) is 0 Å². The molecule has 0 bridgehead atoms. The van der Waals surface area contributed by atoms with Gasteiger partial charge >= 0.3 is 0 Å². The molecule has 5 heteroatoms. The van der Waals surface area contributed by atoms with Gasteiger partial charge in [0.15, 0.2) is 0 Å². The molecule has 1 heterocycles. The molecule has 0 spiro atoms. The Hall–Kier alpha value is -0.680. The van der Waals surface area contributed by atoms with Crippen molar-refractivity contribution in [1.82, 2.24) is 10.9 Å². The van der Waals surface area contributed by atoms with Gasteiger partial charge < -0.3 is 5.73 Å². The fraction of sp³-hybridized carbons (Fsp3) is 0.538. The van der Waals surface area contributed by atoms with E-state index in [9.17, 15) is 4.39 Å². The molecule has 2 aliphatic rings. The van der Waals surface area contributed by atoms with Crippen molar-refractivity contribution in [3.05, 3.63) is 34.6 Å². The lowest BCUT2D eigenvalue weighted by Crippen LogP contribution is -2.38. The van der Waals surface area contributed by atoms with Crippen LogP contribution >= 0.6 is 11.6 Å². The number of halogens is 2. The molecular weight excluding hydrogens is 253 g/mol. The Balaban J connectivity index is 1.92. The number of benzene rings is 1. The number of hydrogen-bond donors (Lipinski definition) is 3. The minimum absolute atomic E-state index is 0.0908. The fourth-order valence-electron chi connectivity index (χ4n) is 2.98. The molecular formula is C13H17ClFN3. The van der Waals surface area contributed by atoms with E-state index in [4.69, 9.17) is 17.3 Å². The van der Waals surface area contributed by atoms with Crippen molar-refractivity contribution in [3.63, 3.8) is 0 Å². The van der Waals surface area contributed by atoms with Crippen LogP contribution in [0.25, 0.3) is 0 Å². The average Bonchev–Trinajstić information content (AvgIpc) is 2.91. The van der Waals surface area contributed by atoms with Crippen LogP contribution in [0.5, 0.6) is 0 Å². The van der Waals surface area contributed by atoms with E-state index in [0.29, 0.717) is 10.9 Å². The predicted octanol–water partition coefficient (Wildman–Crippen LogP) is 1.98. The first-order valence-corrected chi connectivity index (χ1v) is 6.67. The van der Waals surface area contributed by atoms with Gasteiger partial charge in [-0.3, -0.25) is 5.43 Å². The molecule has 1 saturated carbocycles. The van der Waals surface area contributed by atoms with Crippen LogP contribution in [0.3, 0.4) is 0 Å². The van der Waals surface area contributed by atoms with Gasteiger partial charge in [-0.1, -0.05) is 24.6 Å². The van der Waals surface area contributed by atoms with Gasteiger partial charge in [0.2, 0.25) is 0 Å². The molecule has 3 rings (SSSR count). The van der Waals surface area contributed by atoms with Crippen LogP contribution in [0.15, 0.2) is 18.2 Å². The van der Waals surface area contributed by atoms with E-state index in [1.165, 1.54) is 18.6 Å². The zero-order valence-electron chi connectivity index (χ0n) is 10.2. The molecule has 5 unspecified atom stereocenters. The Morgan fingerprint density at radius 2 is 2.11 bits per heavy atom. The van der Waals surface area contributed by atoms with Crippen LogP contribution < -0.4 is 16.6 Å². The van der Waals surface area contributed by atoms with Crippen LogP contribution in [-0.2, 0) is 0 Å². The second kappa shape index (κ2) is 4.46. The number of nitrogens with one attached hydrogen (secondary N) is 2. The normalized spacial score (nSPS) is 39.0. The average molecular weight is 270 g/mol. The molecule has 1 saturated heterocycles. The largest absolute Gasteiger partial charge is 0.314 e.